The first-order valence-electron chi connectivity index (χ1n) is 9.62. The third-order valence-corrected chi connectivity index (χ3v) is 6.49. The van der Waals surface area contributed by atoms with Gasteiger partial charge in [0.2, 0.25) is 5.91 Å². The minimum atomic E-state index is -0.131. The number of hydrogen-bond donors (Lipinski definition) is 1. The minimum Gasteiger partial charge on any atom is -0.495 e. The van der Waals surface area contributed by atoms with Crippen LogP contribution >= 0.6 is 35.0 Å². The van der Waals surface area contributed by atoms with E-state index in [9.17, 15) is 4.79 Å². The summed E-state index contributed by atoms with van der Waals surface area (Å²) in [6.07, 6.45) is 2.08. The van der Waals surface area contributed by atoms with Crippen LogP contribution in [0.15, 0.2) is 77.8 Å². The molecule has 0 unspecified atom stereocenters. The summed E-state index contributed by atoms with van der Waals surface area (Å²) in [4.78, 5) is 13.6. The molecule has 0 atom stereocenters. The zero-order valence-corrected chi connectivity index (χ0v) is 19.1. The lowest BCUT2D eigenvalue weighted by Crippen LogP contribution is -2.14. The number of nitrogens with one attached hydrogen (secondary N) is 1. The number of halogens is 2. The maximum Gasteiger partial charge on any atom is 0.234 e. The fourth-order valence-corrected chi connectivity index (χ4v) is 4.63. The van der Waals surface area contributed by atoms with Crippen LogP contribution in [0, 0.1) is 0 Å². The van der Waals surface area contributed by atoms with Crippen LogP contribution in [0.2, 0.25) is 10.0 Å². The molecular weight excluding hydrogens is 451 g/mol. The first-order chi connectivity index (χ1) is 15.0. The van der Waals surface area contributed by atoms with Crippen LogP contribution in [0.4, 0.5) is 5.69 Å². The fourth-order valence-electron chi connectivity index (χ4n) is 3.38. The Morgan fingerprint density at radius 1 is 1.06 bits per heavy atom. The SMILES string of the molecule is COc1ccc(Cl)cc1NC(=O)CSc1cn(Cc2ccccc2Cl)c2ccccc12. The van der Waals surface area contributed by atoms with Crippen molar-refractivity contribution in [2.24, 2.45) is 0 Å². The van der Waals surface area contributed by atoms with Crippen LogP contribution in [-0.2, 0) is 11.3 Å². The number of amides is 1. The molecule has 0 aliphatic carbocycles. The molecule has 1 N–H and O–H groups in total. The van der Waals surface area contributed by atoms with Gasteiger partial charge in [-0.2, -0.15) is 0 Å². The van der Waals surface area contributed by atoms with Gasteiger partial charge in [0.05, 0.1) is 18.6 Å². The largest absolute Gasteiger partial charge is 0.495 e. The summed E-state index contributed by atoms with van der Waals surface area (Å²) in [7, 11) is 1.56. The van der Waals surface area contributed by atoms with Crippen molar-refractivity contribution in [1.29, 1.82) is 0 Å². The third kappa shape index (κ3) is 5.01. The van der Waals surface area contributed by atoms with Gasteiger partial charge in [-0.1, -0.05) is 59.6 Å². The van der Waals surface area contributed by atoms with Gasteiger partial charge in [-0.15, -0.1) is 11.8 Å². The number of rotatable bonds is 7. The predicted octanol–water partition coefficient (Wildman–Crippen LogP) is 6.74. The van der Waals surface area contributed by atoms with Crippen molar-refractivity contribution in [2.75, 3.05) is 18.2 Å². The molecule has 1 aromatic heterocycles. The number of benzene rings is 3. The van der Waals surface area contributed by atoms with Crippen LogP contribution in [0.25, 0.3) is 10.9 Å². The van der Waals surface area contributed by atoms with E-state index < -0.39 is 0 Å². The number of hydrogen-bond acceptors (Lipinski definition) is 3. The van der Waals surface area contributed by atoms with Gasteiger partial charge >= 0.3 is 0 Å². The zero-order valence-electron chi connectivity index (χ0n) is 16.8. The van der Waals surface area contributed by atoms with E-state index in [1.54, 1.807) is 25.3 Å². The standard InChI is InChI=1S/C24H20Cl2N2O2S/c1-30-22-11-10-17(25)12-20(22)27-24(29)15-31-23-14-28(21-9-5-3-7-18(21)23)13-16-6-2-4-8-19(16)26/h2-12,14H,13,15H2,1H3,(H,27,29). The minimum absolute atomic E-state index is 0.131. The monoisotopic (exact) mass is 470 g/mol. The molecule has 0 aliphatic heterocycles. The van der Waals surface area contributed by atoms with Gasteiger partial charge in [0.25, 0.3) is 0 Å². The number of para-hydroxylation sites is 1. The number of anilines is 1. The molecule has 0 aliphatic rings. The highest BCUT2D eigenvalue weighted by molar-refractivity contribution is 8.00. The van der Waals surface area contributed by atoms with Crippen molar-refractivity contribution in [1.82, 2.24) is 4.57 Å². The van der Waals surface area contributed by atoms with Crippen LogP contribution in [-0.4, -0.2) is 23.3 Å². The van der Waals surface area contributed by atoms with E-state index in [2.05, 4.69) is 28.2 Å². The second kappa shape index (κ2) is 9.69. The molecule has 0 fully saturated rings. The Balaban J connectivity index is 1.52. The molecule has 31 heavy (non-hydrogen) atoms. The number of nitrogens with zero attached hydrogens (tertiary/aromatic N) is 1. The van der Waals surface area contributed by atoms with E-state index in [1.165, 1.54) is 11.8 Å². The summed E-state index contributed by atoms with van der Waals surface area (Å²) in [6, 6.07) is 21.1. The molecular formula is C24H20Cl2N2O2S. The normalized spacial score (nSPS) is 10.9. The van der Waals surface area contributed by atoms with Crippen molar-refractivity contribution in [2.45, 2.75) is 11.4 Å². The third-order valence-electron chi connectivity index (χ3n) is 4.84. The first-order valence-corrected chi connectivity index (χ1v) is 11.4. The van der Waals surface area contributed by atoms with Gasteiger partial charge < -0.3 is 14.6 Å². The average molecular weight is 471 g/mol. The highest BCUT2D eigenvalue weighted by Crippen LogP contribution is 2.32. The second-order valence-electron chi connectivity index (χ2n) is 6.91. The topological polar surface area (TPSA) is 43.3 Å². The molecule has 4 nitrogen and oxygen atoms in total. The maximum absolute atomic E-state index is 12.6. The second-order valence-corrected chi connectivity index (χ2v) is 8.77. The van der Waals surface area contributed by atoms with E-state index in [0.717, 1.165) is 26.4 Å². The smallest absolute Gasteiger partial charge is 0.234 e. The average Bonchev–Trinajstić information content (AvgIpc) is 3.12. The zero-order chi connectivity index (χ0) is 21.8. The van der Waals surface area contributed by atoms with Crippen molar-refractivity contribution < 1.29 is 9.53 Å². The van der Waals surface area contributed by atoms with E-state index in [0.29, 0.717) is 23.0 Å². The molecule has 3 aromatic carbocycles. The molecule has 158 valence electrons. The Morgan fingerprint density at radius 2 is 1.84 bits per heavy atom. The number of carbonyl (C=O) groups excluding carboxylic acids is 1. The summed E-state index contributed by atoms with van der Waals surface area (Å²) in [5.41, 5.74) is 2.70. The molecule has 4 rings (SSSR count). The van der Waals surface area contributed by atoms with E-state index >= 15 is 0 Å². The quantitative estimate of drug-likeness (QED) is 0.304. The van der Waals surface area contributed by atoms with Crippen LogP contribution in [0.5, 0.6) is 5.75 Å². The molecule has 4 aromatic rings. The molecule has 1 heterocycles. The highest BCUT2D eigenvalue weighted by atomic mass is 35.5. The lowest BCUT2D eigenvalue weighted by atomic mass is 10.2. The van der Waals surface area contributed by atoms with Crippen LogP contribution in [0.3, 0.4) is 0 Å². The van der Waals surface area contributed by atoms with Crippen LogP contribution in [0.1, 0.15) is 5.56 Å². The van der Waals surface area contributed by atoms with Gasteiger partial charge in [-0.3, -0.25) is 4.79 Å². The number of carbonyl (C=O) groups is 1. The van der Waals surface area contributed by atoms with Crippen molar-refractivity contribution >= 4 is 57.5 Å². The molecule has 0 spiro atoms. The lowest BCUT2D eigenvalue weighted by Gasteiger charge is -2.10. The Kier molecular flexibility index (Phi) is 6.76. The van der Waals surface area contributed by atoms with Gasteiger partial charge in [0, 0.05) is 38.6 Å². The van der Waals surface area contributed by atoms with Gasteiger partial charge in [0.1, 0.15) is 5.75 Å². The van der Waals surface area contributed by atoms with Gasteiger partial charge in [0.15, 0.2) is 0 Å². The highest BCUT2D eigenvalue weighted by Gasteiger charge is 2.13. The van der Waals surface area contributed by atoms with Gasteiger partial charge in [-0.25, -0.2) is 0 Å². The summed E-state index contributed by atoms with van der Waals surface area (Å²) in [5.74, 6) is 0.697. The molecule has 0 saturated heterocycles. The molecule has 0 radical (unpaired) electrons. The number of thioether (sulfide) groups is 1. The summed E-state index contributed by atoms with van der Waals surface area (Å²) in [5, 5.41) is 5.26. The Bertz CT molecular complexity index is 1240. The van der Waals surface area contributed by atoms with E-state index in [-0.39, 0.29) is 11.7 Å². The van der Waals surface area contributed by atoms with Gasteiger partial charge in [-0.05, 0) is 35.9 Å². The fraction of sp³-hybridized carbons (Fsp3) is 0.125. The Labute approximate surface area is 195 Å². The number of aromatic nitrogens is 1. The molecule has 0 bridgehead atoms. The van der Waals surface area contributed by atoms with Crippen molar-refractivity contribution in [3.05, 3.63) is 88.5 Å². The Hall–Kier alpha value is -2.60. The Morgan fingerprint density at radius 3 is 2.65 bits per heavy atom. The summed E-state index contributed by atoms with van der Waals surface area (Å²) >= 11 is 13.9. The lowest BCUT2D eigenvalue weighted by molar-refractivity contribution is -0.113. The predicted molar refractivity (Wildman–Crippen MR) is 130 cm³/mol. The van der Waals surface area contributed by atoms with E-state index in [1.807, 2.05) is 36.4 Å². The summed E-state index contributed by atoms with van der Waals surface area (Å²) in [6.45, 7) is 0.659. The number of fused-ring (bicyclic) bond motifs is 1. The van der Waals surface area contributed by atoms with E-state index in [4.69, 9.17) is 27.9 Å². The van der Waals surface area contributed by atoms with Crippen LogP contribution < -0.4 is 10.1 Å². The number of ether oxygens (including phenoxy) is 1. The summed E-state index contributed by atoms with van der Waals surface area (Å²) < 4.78 is 7.46. The van der Waals surface area contributed by atoms with Crippen molar-refractivity contribution in [3.8, 4) is 5.75 Å². The first kappa shape index (κ1) is 21.6. The maximum atomic E-state index is 12.6. The molecule has 1 amide bonds. The number of methoxy groups -OCH3 is 1. The van der Waals surface area contributed by atoms with Crippen molar-refractivity contribution in [3.63, 3.8) is 0 Å². The molecule has 7 heteroatoms. The molecule has 0 saturated carbocycles.